The van der Waals surface area contributed by atoms with E-state index in [0.29, 0.717) is 19.3 Å². The standard InChI is InChI=1S/C54H92O6/c1-4-7-10-13-16-19-22-23-24-25-26-27-28-29-30-31-33-35-38-41-44-47-53(56)59-50-51(49-58-52(55)46-43-40-37-34-21-18-15-12-9-6-3)60-54(57)48-45-42-39-36-32-20-17-14-11-8-5-2/h7,10,12,14-17,19,23-24,26-27,51H,4-6,8-9,11,13,18,20-22,25,28-50H2,1-3H3/b10-7-,15-12-,17-14-,19-16-,24-23-,27-26-. The van der Waals surface area contributed by atoms with Crippen LogP contribution in [0.4, 0.5) is 0 Å². The van der Waals surface area contributed by atoms with Crippen LogP contribution in [0.5, 0.6) is 0 Å². The Morgan fingerprint density at radius 3 is 1.10 bits per heavy atom. The van der Waals surface area contributed by atoms with Crippen LogP contribution in [0.1, 0.15) is 233 Å². The number of hydrogen-bond acceptors (Lipinski definition) is 6. The van der Waals surface area contributed by atoms with Gasteiger partial charge in [-0.25, -0.2) is 0 Å². The molecule has 0 aliphatic carbocycles. The van der Waals surface area contributed by atoms with E-state index in [9.17, 15) is 14.4 Å². The molecule has 0 fully saturated rings. The van der Waals surface area contributed by atoms with Crippen molar-refractivity contribution in [2.75, 3.05) is 13.2 Å². The van der Waals surface area contributed by atoms with Gasteiger partial charge in [0, 0.05) is 19.3 Å². The van der Waals surface area contributed by atoms with Crippen molar-refractivity contribution in [2.45, 2.75) is 239 Å². The van der Waals surface area contributed by atoms with E-state index in [-0.39, 0.29) is 31.1 Å². The molecule has 0 heterocycles. The lowest BCUT2D eigenvalue weighted by molar-refractivity contribution is -0.167. The Morgan fingerprint density at radius 1 is 0.350 bits per heavy atom. The van der Waals surface area contributed by atoms with E-state index in [2.05, 4.69) is 93.7 Å². The fourth-order valence-corrected chi connectivity index (χ4v) is 6.65. The first-order chi connectivity index (χ1) is 29.5. The molecule has 0 saturated carbocycles. The molecule has 0 saturated heterocycles. The van der Waals surface area contributed by atoms with Gasteiger partial charge in [0.1, 0.15) is 13.2 Å². The molecular weight excluding hydrogens is 745 g/mol. The van der Waals surface area contributed by atoms with Crippen molar-refractivity contribution in [2.24, 2.45) is 0 Å². The highest BCUT2D eigenvalue weighted by Crippen LogP contribution is 2.14. The second-order valence-corrected chi connectivity index (χ2v) is 16.3. The van der Waals surface area contributed by atoms with Gasteiger partial charge in [0.2, 0.25) is 0 Å². The molecule has 344 valence electrons. The molecule has 0 aliphatic rings. The largest absolute Gasteiger partial charge is 0.462 e. The highest BCUT2D eigenvalue weighted by Gasteiger charge is 2.19. The van der Waals surface area contributed by atoms with Crippen LogP contribution < -0.4 is 0 Å². The van der Waals surface area contributed by atoms with Crippen molar-refractivity contribution in [3.8, 4) is 0 Å². The van der Waals surface area contributed by atoms with Gasteiger partial charge in [0.25, 0.3) is 0 Å². The number of esters is 3. The average Bonchev–Trinajstić information content (AvgIpc) is 3.24. The summed E-state index contributed by atoms with van der Waals surface area (Å²) < 4.78 is 16.7. The zero-order chi connectivity index (χ0) is 43.7. The quantitative estimate of drug-likeness (QED) is 0.0263. The van der Waals surface area contributed by atoms with Crippen LogP contribution in [-0.2, 0) is 28.6 Å². The summed E-state index contributed by atoms with van der Waals surface area (Å²) in [6.07, 6.45) is 60.3. The molecule has 6 nitrogen and oxygen atoms in total. The summed E-state index contributed by atoms with van der Waals surface area (Å²) in [4.78, 5) is 37.8. The number of ether oxygens (including phenoxy) is 3. The van der Waals surface area contributed by atoms with Gasteiger partial charge in [-0.05, 0) is 96.3 Å². The summed E-state index contributed by atoms with van der Waals surface area (Å²) in [7, 11) is 0. The first kappa shape index (κ1) is 56.9. The molecule has 0 spiro atoms. The molecule has 0 radical (unpaired) electrons. The number of rotatable bonds is 44. The molecule has 0 rings (SSSR count). The second-order valence-electron chi connectivity index (χ2n) is 16.3. The maximum atomic E-state index is 12.7. The smallest absolute Gasteiger partial charge is 0.306 e. The zero-order valence-corrected chi connectivity index (χ0v) is 39.2. The molecule has 0 amide bonds. The van der Waals surface area contributed by atoms with Gasteiger partial charge < -0.3 is 14.2 Å². The number of carbonyl (C=O) groups excluding carboxylic acids is 3. The maximum Gasteiger partial charge on any atom is 0.306 e. The molecule has 0 bridgehead atoms. The maximum absolute atomic E-state index is 12.7. The van der Waals surface area contributed by atoms with Crippen LogP contribution in [0, 0.1) is 0 Å². The Labute approximate surface area is 370 Å². The SMILES string of the molecule is CC/C=C\C/C=C\C/C=C\C/C=C\CCCCCCCCCCC(=O)OCC(COC(=O)CCCCCCC/C=C\CCC)OC(=O)CCCCCCC/C=C\CCCC. The fourth-order valence-electron chi connectivity index (χ4n) is 6.65. The lowest BCUT2D eigenvalue weighted by atomic mass is 10.1. The van der Waals surface area contributed by atoms with Crippen LogP contribution in [0.15, 0.2) is 72.9 Å². The normalized spacial score (nSPS) is 12.7. The van der Waals surface area contributed by atoms with E-state index in [1.165, 1.54) is 77.0 Å². The second kappa shape index (κ2) is 48.5. The molecule has 0 aliphatic heterocycles. The third kappa shape index (κ3) is 45.9. The van der Waals surface area contributed by atoms with Crippen molar-refractivity contribution in [3.63, 3.8) is 0 Å². The molecule has 0 aromatic heterocycles. The third-order valence-electron chi connectivity index (χ3n) is 10.4. The first-order valence-electron chi connectivity index (χ1n) is 24.9. The van der Waals surface area contributed by atoms with E-state index < -0.39 is 6.10 Å². The highest BCUT2D eigenvalue weighted by molar-refractivity contribution is 5.71. The van der Waals surface area contributed by atoms with E-state index in [0.717, 1.165) is 116 Å². The number of unbranched alkanes of at least 4 members (excludes halogenated alkanes) is 21. The van der Waals surface area contributed by atoms with Gasteiger partial charge in [-0.1, -0.05) is 190 Å². The summed E-state index contributed by atoms with van der Waals surface area (Å²) >= 11 is 0. The van der Waals surface area contributed by atoms with Crippen molar-refractivity contribution >= 4 is 17.9 Å². The van der Waals surface area contributed by atoms with Crippen LogP contribution in [0.25, 0.3) is 0 Å². The van der Waals surface area contributed by atoms with E-state index >= 15 is 0 Å². The minimum Gasteiger partial charge on any atom is -0.462 e. The van der Waals surface area contributed by atoms with Crippen molar-refractivity contribution in [1.29, 1.82) is 0 Å². The van der Waals surface area contributed by atoms with Gasteiger partial charge in [0.15, 0.2) is 6.10 Å². The molecular formula is C54H92O6. The zero-order valence-electron chi connectivity index (χ0n) is 39.2. The average molecular weight is 837 g/mol. The van der Waals surface area contributed by atoms with E-state index in [1.807, 2.05) is 0 Å². The number of carbonyl (C=O) groups is 3. The lowest BCUT2D eigenvalue weighted by Crippen LogP contribution is -2.30. The van der Waals surface area contributed by atoms with Crippen molar-refractivity contribution in [3.05, 3.63) is 72.9 Å². The lowest BCUT2D eigenvalue weighted by Gasteiger charge is -2.18. The van der Waals surface area contributed by atoms with Gasteiger partial charge in [-0.15, -0.1) is 0 Å². The minimum atomic E-state index is -0.784. The minimum absolute atomic E-state index is 0.0861. The van der Waals surface area contributed by atoms with Gasteiger partial charge in [-0.3, -0.25) is 14.4 Å². The van der Waals surface area contributed by atoms with Crippen LogP contribution in [0.3, 0.4) is 0 Å². The molecule has 0 aromatic rings. The molecule has 0 N–H and O–H groups in total. The van der Waals surface area contributed by atoms with Gasteiger partial charge in [-0.2, -0.15) is 0 Å². The van der Waals surface area contributed by atoms with Crippen molar-refractivity contribution in [1.82, 2.24) is 0 Å². The summed E-state index contributed by atoms with van der Waals surface area (Å²) in [6, 6.07) is 0. The topological polar surface area (TPSA) is 78.9 Å². The molecule has 1 unspecified atom stereocenters. The Balaban J connectivity index is 4.30. The fraction of sp³-hybridized carbons (Fsp3) is 0.722. The Morgan fingerprint density at radius 2 is 0.683 bits per heavy atom. The Kier molecular flexibility index (Phi) is 46.0. The predicted molar refractivity (Wildman–Crippen MR) is 256 cm³/mol. The third-order valence-corrected chi connectivity index (χ3v) is 10.4. The highest BCUT2D eigenvalue weighted by atomic mass is 16.6. The van der Waals surface area contributed by atoms with Gasteiger partial charge in [0.05, 0.1) is 0 Å². The Hall–Kier alpha value is -3.15. The predicted octanol–water partition coefficient (Wildman–Crippen LogP) is 16.3. The molecule has 60 heavy (non-hydrogen) atoms. The van der Waals surface area contributed by atoms with E-state index in [4.69, 9.17) is 14.2 Å². The monoisotopic (exact) mass is 837 g/mol. The summed E-state index contributed by atoms with van der Waals surface area (Å²) in [5, 5.41) is 0. The summed E-state index contributed by atoms with van der Waals surface area (Å²) in [5.74, 6) is -0.916. The van der Waals surface area contributed by atoms with Crippen LogP contribution in [0.2, 0.25) is 0 Å². The molecule has 0 aromatic carbocycles. The number of allylic oxidation sites excluding steroid dienone is 12. The first-order valence-corrected chi connectivity index (χ1v) is 24.9. The van der Waals surface area contributed by atoms with Crippen LogP contribution in [-0.4, -0.2) is 37.2 Å². The Bertz CT molecular complexity index is 1140. The number of hydrogen-bond donors (Lipinski definition) is 0. The van der Waals surface area contributed by atoms with Crippen LogP contribution >= 0.6 is 0 Å². The van der Waals surface area contributed by atoms with E-state index in [1.54, 1.807) is 0 Å². The van der Waals surface area contributed by atoms with Crippen molar-refractivity contribution < 1.29 is 28.6 Å². The summed E-state index contributed by atoms with van der Waals surface area (Å²) in [5.41, 5.74) is 0. The molecule has 1 atom stereocenters. The summed E-state index contributed by atoms with van der Waals surface area (Å²) in [6.45, 7) is 6.40. The molecule has 6 heteroatoms. The van der Waals surface area contributed by atoms with Gasteiger partial charge >= 0.3 is 17.9 Å².